The Kier molecular flexibility index (Phi) is 4.52. The zero-order valence-corrected chi connectivity index (χ0v) is 8.67. The van der Waals surface area contributed by atoms with Crippen LogP contribution in [0.15, 0.2) is 24.3 Å². The summed E-state index contributed by atoms with van der Waals surface area (Å²) in [6.07, 6.45) is -0.923. The maximum Gasteiger partial charge on any atom is 0.235 e. The Morgan fingerprint density at radius 1 is 1.60 bits per heavy atom. The molecule has 1 rings (SSSR count). The summed E-state index contributed by atoms with van der Waals surface area (Å²) in [5.74, 6) is -0.946. The Morgan fingerprint density at radius 2 is 2.33 bits per heavy atom. The highest BCUT2D eigenvalue weighted by Crippen LogP contribution is 2.12. The second-order valence-electron chi connectivity index (χ2n) is 3.01. The molecule has 0 saturated heterocycles. The zero-order chi connectivity index (χ0) is 11.3. The number of benzene rings is 1. The quantitative estimate of drug-likeness (QED) is 0.766. The van der Waals surface area contributed by atoms with Crippen molar-refractivity contribution in [3.63, 3.8) is 0 Å². The summed E-state index contributed by atoms with van der Waals surface area (Å²) < 4.78 is 12.8. The SMILES string of the molecule is O=C(CCl)NCC(O)c1cccc(F)c1. The molecule has 1 unspecified atom stereocenters. The molecule has 2 N–H and O–H groups in total. The smallest absolute Gasteiger partial charge is 0.235 e. The van der Waals surface area contributed by atoms with E-state index in [9.17, 15) is 14.3 Å². The third-order valence-electron chi connectivity index (χ3n) is 1.85. The van der Waals surface area contributed by atoms with Gasteiger partial charge in [0.25, 0.3) is 0 Å². The lowest BCUT2D eigenvalue weighted by molar-refractivity contribution is -0.119. The number of alkyl halides is 1. The number of aliphatic hydroxyl groups excluding tert-OH is 1. The van der Waals surface area contributed by atoms with E-state index >= 15 is 0 Å². The molecule has 0 saturated carbocycles. The summed E-state index contributed by atoms with van der Waals surface area (Å²) in [6.45, 7) is 0.0228. The fourth-order valence-electron chi connectivity index (χ4n) is 1.09. The lowest BCUT2D eigenvalue weighted by Crippen LogP contribution is -2.29. The van der Waals surface area contributed by atoms with Gasteiger partial charge in [-0.05, 0) is 17.7 Å². The van der Waals surface area contributed by atoms with E-state index < -0.39 is 11.9 Å². The predicted molar refractivity (Wildman–Crippen MR) is 55.1 cm³/mol. The van der Waals surface area contributed by atoms with E-state index in [4.69, 9.17) is 11.6 Å². The Morgan fingerprint density at radius 3 is 2.93 bits per heavy atom. The molecule has 0 radical (unpaired) electrons. The molecule has 82 valence electrons. The first-order valence-corrected chi connectivity index (χ1v) is 4.93. The topological polar surface area (TPSA) is 49.3 Å². The van der Waals surface area contributed by atoms with Crippen LogP contribution in [0, 0.1) is 5.82 Å². The number of nitrogens with one attached hydrogen (secondary N) is 1. The molecule has 5 heteroatoms. The minimum absolute atomic E-state index is 0.0228. The van der Waals surface area contributed by atoms with Crippen molar-refractivity contribution in [3.05, 3.63) is 35.6 Å². The number of aliphatic hydroxyl groups is 1. The molecular formula is C10H11ClFNO2. The fourth-order valence-corrected chi connectivity index (χ4v) is 1.18. The molecule has 1 aromatic rings. The molecule has 0 aliphatic heterocycles. The van der Waals surface area contributed by atoms with Crippen LogP contribution >= 0.6 is 11.6 Å². The predicted octanol–water partition coefficient (Wildman–Crippen LogP) is 1.21. The zero-order valence-electron chi connectivity index (χ0n) is 7.91. The van der Waals surface area contributed by atoms with Crippen LogP contribution in [-0.2, 0) is 4.79 Å². The van der Waals surface area contributed by atoms with Gasteiger partial charge in [0, 0.05) is 6.54 Å². The molecule has 0 aliphatic rings. The van der Waals surface area contributed by atoms with Crippen LogP contribution in [0.3, 0.4) is 0 Å². The lowest BCUT2D eigenvalue weighted by atomic mass is 10.1. The third-order valence-corrected chi connectivity index (χ3v) is 2.09. The molecular weight excluding hydrogens is 221 g/mol. The maximum atomic E-state index is 12.8. The van der Waals surface area contributed by atoms with Gasteiger partial charge >= 0.3 is 0 Å². The van der Waals surface area contributed by atoms with Crippen molar-refractivity contribution >= 4 is 17.5 Å². The Hall–Kier alpha value is -1.13. The van der Waals surface area contributed by atoms with Crippen LogP contribution in [0.2, 0.25) is 0 Å². The highest BCUT2D eigenvalue weighted by Gasteiger charge is 2.09. The second-order valence-corrected chi connectivity index (χ2v) is 3.28. The first kappa shape index (κ1) is 11.9. The van der Waals surface area contributed by atoms with Gasteiger partial charge < -0.3 is 10.4 Å². The van der Waals surface area contributed by atoms with Gasteiger partial charge in [-0.3, -0.25) is 4.79 Å². The van der Waals surface area contributed by atoms with Gasteiger partial charge in [-0.15, -0.1) is 11.6 Å². The van der Waals surface area contributed by atoms with E-state index in [1.165, 1.54) is 18.2 Å². The van der Waals surface area contributed by atoms with Crippen molar-refractivity contribution in [1.82, 2.24) is 5.32 Å². The lowest BCUT2D eigenvalue weighted by Gasteiger charge is -2.11. The Bertz CT molecular complexity index is 346. The molecule has 1 amide bonds. The largest absolute Gasteiger partial charge is 0.387 e. The number of hydrogen-bond donors (Lipinski definition) is 2. The minimum Gasteiger partial charge on any atom is -0.387 e. The maximum absolute atomic E-state index is 12.8. The van der Waals surface area contributed by atoms with Gasteiger partial charge in [-0.1, -0.05) is 12.1 Å². The van der Waals surface area contributed by atoms with Gasteiger partial charge in [0.1, 0.15) is 11.7 Å². The van der Waals surface area contributed by atoms with Crippen molar-refractivity contribution in [3.8, 4) is 0 Å². The number of carbonyl (C=O) groups excluding carboxylic acids is 1. The fraction of sp³-hybridized carbons (Fsp3) is 0.300. The number of carbonyl (C=O) groups is 1. The molecule has 0 fully saturated rings. The number of halogens is 2. The van der Waals surface area contributed by atoms with Crippen LogP contribution in [0.25, 0.3) is 0 Å². The van der Waals surface area contributed by atoms with Crippen LogP contribution in [0.1, 0.15) is 11.7 Å². The summed E-state index contributed by atoms with van der Waals surface area (Å²) in [4.78, 5) is 10.8. The molecule has 3 nitrogen and oxygen atoms in total. The molecule has 0 spiro atoms. The first-order valence-electron chi connectivity index (χ1n) is 4.39. The summed E-state index contributed by atoms with van der Waals surface area (Å²) in [7, 11) is 0. The number of hydrogen-bond acceptors (Lipinski definition) is 2. The highest BCUT2D eigenvalue weighted by atomic mass is 35.5. The molecule has 0 heterocycles. The van der Waals surface area contributed by atoms with Crippen LogP contribution < -0.4 is 5.32 Å². The van der Waals surface area contributed by atoms with Gasteiger partial charge in [0.15, 0.2) is 0 Å². The van der Waals surface area contributed by atoms with Crippen molar-refractivity contribution in [2.24, 2.45) is 0 Å². The summed E-state index contributed by atoms with van der Waals surface area (Å²) in [5, 5.41) is 12.0. The monoisotopic (exact) mass is 231 g/mol. The molecule has 15 heavy (non-hydrogen) atoms. The Labute approximate surface area is 91.9 Å². The van der Waals surface area contributed by atoms with Crippen LogP contribution in [-0.4, -0.2) is 23.4 Å². The summed E-state index contributed by atoms with van der Waals surface area (Å²) >= 11 is 5.25. The van der Waals surface area contributed by atoms with Crippen LogP contribution in [0.5, 0.6) is 0 Å². The van der Waals surface area contributed by atoms with Crippen molar-refractivity contribution in [1.29, 1.82) is 0 Å². The van der Waals surface area contributed by atoms with E-state index in [1.54, 1.807) is 6.07 Å². The average Bonchev–Trinajstić information content (AvgIpc) is 2.25. The van der Waals surface area contributed by atoms with Gasteiger partial charge in [0.05, 0.1) is 6.10 Å². The number of rotatable bonds is 4. The average molecular weight is 232 g/mol. The van der Waals surface area contributed by atoms with Crippen LogP contribution in [0.4, 0.5) is 4.39 Å². The van der Waals surface area contributed by atoms with E-state index in [-0.39, 0.29) is 18.3 Å². The molecule has 0 bridgehead atoms. The van der Waals surface area contributed by atoms with Crippen molar-refractivity contribution in [2.45, 2.75) is 6.10 Å². The van der Waals surface area contributed by atoms with Crippen molar-refractivity contribution < 1.29 is 14.3 Å². The molecule has 0 aromatic heterocycles. The first-order chi connectivity index (χ1) is 7.13. The van der Waals surface area contributed by atoms with Gasteiger partial charge in [0.2, 0.25) is 5.91 Å². The van der Waals surface area contributed by atoms with E-state index in [1.807, 2.05) is 0 Å². The van der Waals surface area contributed by atoms with Gasteiger partial charge in [-0.2, -0.15) is 0 Å². The molecule has 0 aliphatic carbocycles. The van der Waals surface area contributed by atoms with E-state index in [0.717, 1.165) is 0 Å². The normalized spacial score (nSPS) is 12.2. The third kappa shape index (κ3) is 3.85. The second kappa shape index (κ2) is 5.68. The highest BCUT2D eigenvalue weighted by molar-refractivity contribution is 6.27. The summed E-state index contributed by atoms with van der Waals surface area (Å²) in [6, 6.07) is 5.59. The molecule has 1 atom stereocenters. The van der Waals surface area contributed by atoms with E-state index in [2.05, 4.69) is 5.32 Å². The molecule has 1 aromatic carbocycles. The standard InChI is InChI=1S/C10H11ClFNO2/c11-5-10(15)13-6-9(14)7-2-1-3-8(12)4-7/h1-4,9,14H,5-6H2,(H,13,15). The van der Waals surface area contributed by atoms with E-state index in [0.29, 0.717) is 5.56 Å². The Balaban J connectivity index is 2.53. The number of amides is 1. The summed E-state index contributed by atoms with van der Waals surface area (Å²) in [5.41, 5.74) is 0.421. The minimum atomic E-state index is -0.923. The van der Waals surface area contributed by atoms with Gasteiger partial charge in [-0.25, -0.2) is 4.39 Å². The van der Waals surface area contributed by atoms with Crippen molar-refractivity contribution in [2.75, 3.05) is 12.4 Å².